The van der Waals surface area contributed by atoms with Crippen molar-refractivity contribution >= 4 is 50.1 Å². The molecule has 1 unspecified atom stereocenters. The van der Waals surface area contributed by atoms with E-state index in [1.807, 2.05) is 6.07 Å². The van der Waals surface area contributed by atoms with Crippen LogP contribution in [0.5, 0.6) is 0 Å². The number of halogens is 1. The molecule has 0 aliphatic rings. The average Bonchev–Trinajstić information content (AvgIpc) is 2.98. The highest BCUT2D eigenvalue weighted by Crippen LogP contribution is 2.28. The summed E-state index contributed by atoms with van der Waals surface area (Å²) in [6.45, 7) is 1.75. The van der Waals surface area contributed by atoms with Gasteiger partial charge in [0, 0.05) is 17.9 Å². The van der Waals surface area contributed by atoms with E-state index in [1.54, 1.807) is 0 Å². The Hall–Kier alpha value is -0.980. The van der Waals surface area contributed by atoms with Gasteiger partial charge in [-0.15, -0.1) is 11.7 Å². The number of aromatic nitrogens is 2. The maximum Gasteiger partial charge on any atom is 0.305 e. The molecule has 0 bridgehead atoms. The first-order valence-corrected chi connectivity index (χ1v) is 9.00. The molecule has 0 aromatic carbocycles. The number of ether oxygens (including phenoxy) is 1. The van der Waals surface area contributed by atoms with Crippen LogP contribution in [0.15, 0.2) is 11.2 Å². The molecule has 0 spiro atoms. The Labute approximate surface area is 140 Å². The van der Waals surface area contributed by atoms with E-state index < -0.39 is 17.2 Å². The molecule has 6 nitrogen and oxygen atoms in total. The zero-order valence-electron chi connectivity index (χ0n) is 11.3. The van der Waals surface area contributed by atoms with Gasteiger partial charge in [0.25, 0.3) is 0 Å². The van der Waals surface area contributed by atoms with Crippen molar-refractivity contribution in [3.8, 4) is 6.07 Å². The van der Waals surface area contributed by atoms with Gasteiger partial charge < -0.3 is 9.72 Å². The second-order valence-corrected chi connectivity index (χ2v) is 6.30. The molecule has 1 aromatic rings. The molecule has 0 amide bonds. The lowest BCUT2D eigenvalue weighted by Gasteiger charge is -2.18. The van der Waals surface area contributed by atoms with Crippen LogP contribution < -0.4 is 0 Å². The quantitative estimate of drug-likeness (QED) is 0.232. The number of Topliss-reactive ketones (excluding diaryl/α,β-unsaturated/α-hetero) is 1. The van der Waals surface area contributed by atoms with E-state index in [0.717, 1.165) is 10.8 Å². The van der Waals surface area contributed by atoms with Crippen molar-refractivity contribution in [2.45, 2.75) is 24.8 Å². The number of nitriles is 1. The number of hydrogen-bond acceptors (Lipinski definition) is 7. The van der Waals surface area contributed by atoms with Crippen LogP contribution in [0.25, 0.3) is 0 Å². The van der Waals surface area contributed by atoms with Gasteiger partial charge in [-0.05, 0) is 24.1 Å². The zero-order chi connectivity index (χ0) is 15.9. The number of aromatic amines is 1. The Kier molecular flexibility index (Phi) is 7.28. The Morgan fingerprint density at radius 1 is 1.67 bits per heavy atom. The molecule has 21 heavy (non-hydrogen) atoms. The van der Waals surface area contributed by atoms with E-state index in [0.29, 0.717) is 10.4 Å². The summed E-state index contributed by atoms with van der Waals surface area (Å²) in [4.78, 5) is 30.6. The van der Waals surface area contributed by atoms with Crippen molar-refractivity contribution in [1.29, 1.82) is 5.26 Å². The summed E-state index contributed by atoms with van der Waals surface area (Å²) < 4.78 is 4.89. The highest BCUT2D eigenvalue weighted by Gasteiger charge is 2.36. The molecule has 1 N–H and O–H groups in total. The third-order valence-corrected chi connectivity index (χ3v) is 4.06. The number of esters is 1. The minimum Gasteiger partial charge on any atom is -0.465 e. The van der Waals surface area contributed by atoms with Gasteiger partial charge in [-0.1, -0.05) is 15.9 Å². The number of carbonyl (C=O) groups is 2. The van der Waals surface area contributed by atoms with Crippen LogP contribution >= 0.6 is 38.4 Å². The Morgan fingerprint density at radius 3 is 2.90 bits per heavy atom. The first kappa shape index (κ1) is 18.1. The van der Waals surface area contributed by atoms with E-state index >= 15 is 0 Å². The summed E-state index contributed by atoms with van der Waals surface area (Å²) in [5, 5.41) is 10.4. The van der Waals surface area contributed by atoms with Gasteiger partial charge in [-0.2, -0.15) is 5.26 Å². The Bertz CT molecular complexity index is 558. The molecule has 0 saturated heterocycles. The summed E-state index contributed by atoms with van der Waals surface area (Å²) in [6.07, 6.45) is 1.61. The third kappa shape index (κ3) is 5.05. The fraction of sp³-hybridized carbons (Fsp3) is 0.500. The fourth-order valence-electron chi connectivity index (χ4n) is 1.53. The van der Waals surface area contributed by atoms with Gasteiger partial charge in [-0.25, -0.2) is 4.98 Å². The average molecular weight is 392 g/mol. The zero-order valence-corrected chi connectivity index (χ0v) is 14.6. The standard InChI is InChI=1S/C12H14BrN3O3S2/c1-12(7-14,3-2-9(17)19-5-4-13)10(18)11-15-6-8(16-11)21-20/h6,20H,2-5H2,1H3,(H,15,16). The predicted octanol–water partition coefficient (Wildman–Crippen LogP) is 2.78. The second kappa shape index (κ2) is 8.46. The molecular formula is C12H14BrN3O3S2. The maximum atomic E-state index is 12.3. The molecule has 0 radical (unpaired) electrons. The van der Waals surface area contributed by atoms with Gasteiger partial charge in [0.15, 0.2) is 5.82 Å². The van der Waals surface area contributed by atoms with Crippen molar-refractivity contribution in [1.82, 2.24) is 9.97 Å². The van der Waals surface area contributed by atoms with Crippen LogP contribution in [0.2, 0.25) is 0 Å². The number of nitrogens with one attached hydrogen (secondary N) is 1. The summed E-state index contributed by atoms with van der Waals surface area (Å²) in [5.74, 6) is -0.800. The van der Waals surface area contributed by atoms with Crippen molar-refractivity contribution in [2.24, 2.45) is 5.41 Å². The molecule has 0 saturated carbocycles. The third-order valence-electron chi connectivity index (χ3n) is 2.78. The molecule has 1 aromatic heterocycles. The number of thiol groups is 1. The first-order valence-electron chi connectivity index (χ1n) is 6.01. The Balaban J connectivity index is 2.72. The molecule has 0 aliphatic heterocycles. The van der Waals surface area contributed by atoms with Gasteiger partial charge >= 0.3 is 5.97 Å². The number of alkyl halides is 1. The fourth-order valence-corrected chi connectivity index (χ4v) is 2.21. The minimum absolute atomic E-state index is 0.00230. The van der Waals surface area contributed by atoms with Crippen LogP contribution in [0.4, 0.5) is 0 Å². The number of nitrogens with zero attached hydrogens (tertiary/aromatic N) is 2. The van der Waals surface area contributed by atoms with Gasteiger partial charge in [0.2, 0.25) is 5.78 Å². The predicted molar refractivity (Wildman–Crippen MR) is 85.5 cm³/mol. The normalized spacial score (nSPS) is 13.2. The number of rotatable bonds is 8. The topological polar surface area (TPSA) is 95.8 Å². The molecule has 0 aliphatic carbocycles. The van der Waals surface area contributed by atoms with E-state index in [4.69, 9.17) is 4.74 Å². The lowest BCUT2D eigenvalue weighted by Crippen LogP contribution is -2.28. The molecule has 0 fully saturated rings. The summed E-state index contributed by atoms with van der Waals surface area (Å²) in [7, 11) is 1.09. The minimum atomic E-state index is -1.33. The summed E-state index contributed by atoms with van der Waals surface area (Å²) in [6, 6.07) is 1.96. The van der Waals surface area contributed by atoms with Gasteiger partial charge in [0.05, 0.1) is 6.07 Å². The molecule has 114 valence electrons. The Morgan fingerprint density at radius 2 is 2.38 bits per heavy atom. The number of ketones is 1. The lowest BCUT2D eigenvalue weighted by atomic mass is 9.82. The van der Waals surface area contributed by atoms with E-state index in [1.165, 1.54) is 13.1 Å². The highest BCUT2D eigenvalue weighted by molar-refractivity contribution is 9.09. The van der Waals surface area contributed by atoms with Crippen LogP contribution in [-0.4, -0.2) is 33.7 Å². The lowest BCUT2D eigenvalue weighted by molar-refractivity contribution is -0.143. The number of H-pyrrole nitrogens is 1. The van der Waals surface area contributed by atoms with Crippen molar-refractivity contribution < 1.29 is 14.3 Å². The highest BCUT2D eigenvalue weighted by atomic mass is 79.9. The van der Waals surface area contributed by atoms with Crippen molar-refractivity contribution in [3.63, 3.8) is 0 Å². The van der Waals surface area contributed by atoms with Gasteiger partial charge in [0.1, 0.15) is 17.0 Å². The van der Waals surface area contributed by atoms with Crippen molar-refractivity contribution in [3.05, 3.63) is 12.0 Å². The van der Waals surface area contributed by atoms with Crippen LogP contribution in [0, 0.1) is 16.7 Å². The SMILES string of the molecule is CC(C#N)(CCC(=O)OCCBr)C(=O)c1nc(SS)c[nH]1. The largest absolute Gasteiger partial charge is 0.465 e. The summed E-state index contributed by atoms with van der Waals surface area (Å²) in [5.41, 5.74) is -1.33. The first-order chi connectivity index (χ1) is 9.96. The molecular weight excluding hydrogens is 378 g/mol. The van der Waals surface area contributed by atoms with E-state index in [-0.39, 0.29) is 25.3 Å². The summed E-state index contributed by atoms with van der Waals surface area (Å²) >= 11 is 7.12. The number of imidazole rings is 1. The van der Waals surface area contributed by atoms with Crippen LogP contribution in [0.3, 0.4) is 0 Å². The maximum absolute atomic E-state index is 12.3. The van der Waals surface area contributed by atoms with Gasteiger partial charge in [-0.3, -0.25) is 9.59 Å². The van der Waals surface area contributed by atoms with E-state index in [9.17, 15) is 14.9 Å². The molecule has 1 rings (SSSR count). The monoisotopic (exact) mass is 391 g/mol. The van der Waals surface area contributed by atoms with Crippen LogP contribution in [-0.2, 0) is 9.53 Å². The number of hydrogen-bond donors (Lipinski definition) is 2. The smallest absolute Gasteiger partial charge is 0.305 e. The van der Waals surface area contributed by atoms with E-state index in [2.05, 4.69) is 37.6 Å². The van der Waals surface area contributed by atoms with Crippen LogP contribution in [0.1, 0.15) is 30.4 Å². The molecule has 1 atom stereocenters. The second-order valence-electron chi connectivity index (χ2n) is 4.36. The molecule has 9 heteroatoms. The molecule has 1 heterocycles. The van der Waals surface area contributed by atoms with Crippen molar-refractivity contribution in [2.75, 3.05) is 11.9 Å². The number of carbonyl (C=O) groups excluding carboxylic acids is 2.